The van der Waals surface area contributed by atoms with Crippen molar-refractivity contribution in [1.82, 2.24) is 15.1 Å². The molecule has 2 fully saturated rings. The number of aryl methyl sites for hydroxylation is 1. The number of halogens is 9. The number of ether oxygens (including phenoxy) is 2. The molecule has 1 aliphatic carbocycles. The molecule has 296 valence electrons. The minimum atomic E-state index is -4.57. The lowest BCUT2D eigenvalue weighted by Crippen LogP contribution is -2.64. The molecule has 0 aromatic heterocycles. The molecule has 3 aromatic rings. The van der Waals surface area contributed by atoms with Crippen molar-refractivity contribution in [2.24, 2.45) is 0 Å². The molecule has 0 radical (unpaired) electrons. The molecule has 2 bridgehead atoms. The minimum Gasteiger partial charge on any atom is -0.488 e. The standard InChI is InChI=1S/C39H38Cl3F6N3O4/c1-37(2,39(40,41)42)55-36(53)51-27-18-28(24-10-8-22(9-11-24)6-4-16-54-34-30(44)15-14-29(43)33(34)45)32(31(51)20-49-19-27)35(52)50(26-12-13-26)21-23-5-3-7-25(17-23)38(46,47)48/h3,5,7-11,14-15,17,26-27,31,49H,4,6,12-13,16,18-21H2,1-2H3/t27?,31-/m1/s1. The van der Waals surface area contributed by atoms with Crippen molar-refractivity contribution in [2.75, 3.05) is 19.7 Å². The van der Waals surface area contributed by atoms with Crippen LogP contribution in [0.1, 0.15) is 61.8 Å². The van der Waals surface area contributed by atoms with Gasteiger partial charge in [0.2, 0.25) is 9.61 Å². The lowest BCUT2D eigenvalue weighted by Gasteiger charge is -2.48. The first-order chi connectivity index (χ1) is 25.9. The van der Waals surface area contributed by atoms with Crippen LogP contribution in [0.15, 0.2) is 66.2 Å². The van der Waals surface area contributed by atoms with E-state index in [0.717, 1.165) is 23.8 Å². The molecule has 2 atom stereocenters. The van der Waals surface area contributed by atoms with Crippen LogP contribution in [0.2, 0.25) is 0 Å². The van der Waals surface area contributed by atoms with E-state index in [1.807, 2.05) is 24.3 Å². The third kappa shape index (κ3) is 9.16. The van der Waals surface area contributed by atoms with Gasteiger partial charge in [0.25, 0.3) is 5.91 Å². The largest absolute Gasteiger partial charge is 0.488 e. The van der Waals surface area contributed by atoms with Gasteiger partial charge < -0.3 is 19.7 Å². The van der Waals surface area contributed by atoms with E-state index in [4.69, 9.17) is 44.3 Å². The Kier molecular flexibility index (Phi) is 12.0. The molecule has 1 saturated heterocycles. The second-order valence-electron chi connectivity index (χ2n) is 14.4. The van der Waals surface area contributed by atoms with E-state index < -0.39 is 68.4 Å². The summed E-state index contributed by atoms with van der Waals surface area (Å²) in [7, 11) is 0. The van der Waals surface area contributed by atoms with Crippen molar-refractivity contribution in [3.05, 3.63) is 106 Å². The zero-order chi connectivity index (χ0) is 39.9. The molecule has 1 saturated carbocycles. The summed E-state index contributed by atoms with van der Waals surface area (Å²) in [6, 6.07) is 12.2. The molecule has 1 N–H and O–H groups in total. The summed E-state index contributed by atoms with van der Waals surface area (Å²) in [5.74, 6) is -4.82. The van der Waals surface area contributed by atoms with Gasteiger partial charge in [0.15, 0.2) is 23.0 Å². The fraction of sp³-hybridized carbons (Fsp3) is 0.436. The number of fused-ring (bicyclic) bond motifs is 2. The summed E-state index contributed by atoms with van der Waals surface area (Å²) in [5, 5.41) is 3.30. The van der Waals surface area contributed by atoms with Gasteiger partial charge in [-0.25, -0.2) is 13.6 Å². The summed E-state index contributed by atoms with van der Waals surface area (Å²) >= 11 is 18.4. The molecule has 55 heavy (non-hydrogen) atoms. The van der Waals surface area contributed by atoms with Gasteiger partial charge in [0.1, 0.15) is 0 Å². The molecule has 2 heterocycles. The molecule has 1 unspecified atom stereocenters. The maximum absolute atomic E-state index is 14.9. The lowest BCUT2D eigenvalue weighted by atomic mass is 9.81. The Bertz CT molecular complexity index is 1950. The first kappa shape index (κ1) is 41.0. The van der Waals surface area contributed by atoms with Gasteiger partial charge in [-0.3, -0.25) is 9.69 Å². The molecule has 2 amide bonds. The third-order valence-corrected chi connectivity index (χ3v) is 11.4. The fourth-order valence-electron chi connectivity index (χ4n) is 6.86. The Labute approximate surface area is 329 Å². The molecule has 7 nitrogen and oxygen atoms in total. The van der Waals surface area contributed by atoms with Crippen LogP contribution in [0.3, 0.4) is 0 Å². The smallest absolute Gasteiger partial charge is 0.416 e. The zero-order valence-electron chi connectivity index (χ0n) is 29.8. The van der Waals surface area contributed by atoms with Crippen molar-refractivity contribution in [2.45, 2.75) is 86.2 Å². The summed E-state index contributed by atoms with van der Waals surface area (Å²) < 4.78 is 91.4. The highest BCUT2D eigenvalue weighted by atomic mass is 35.6. The van der Waals surface area contributed by atoms with Crippen molar-refractivity contribution in [1.29, 1.82) is 0 Å². The first-order valence-electron chi connectivity index (χ1n) is 17.7. The van der Waals surface area contributed by atoms with Crippen LogP contribution in [0.4, 0.5) is 31.1 Å². The maximum Gasteiger partial charge on any atom is 0.416 e. The van der Waals surface area contributed by atoms with Gasteiger partial charge in [-0.2, -0.15) is 17.6 Å². The topological polar surface area (TPSA) is 71.1 Å². The van der Waals surface area contributed by atoms with E-state index in [-0.39, 0.29) is 32.2 Å². The monoisotopic (exact) mass is 831 g/mol. The number of piperazine rings is 1. The number of hydrogen-bond acceptors (Lipinski definition) is 5. The first-order valence-corrected chi connectivity index (χ1v) is 18.8. The van der Waals surface area contributed by atoms with Crippen molar-refractivity contribution >= 4 is 52.4 Å². The molecule has 6 rings (SSSR count). The maximum atomic E-state index is 14.9. The molecule has 2 aliphatic heterocycles. The van der Waals surface area contributed by atoms with Crippen LogP contribution < -0.4 is 10.1 Å². The number of rotatable bonds is 11. The average Bonchev–Trinajstić information content (AvgIpc) is 3.96. The summed E-state index contributed by atoms with van der Waals surface area (Å²) in [5.41, 5.74) is 0.462. The molecule has 3 aliphatic rings. The van der Waals surface area contributed by atoms with Crippen molar-refractivity contribution < 1.29 is 45.4 Å². The van der Waals surface area contributed by atoms with Gasteiger partial charge in [-0.1, -0.05) is 71.2 Å². The highest BCUT2D eigenvalue weighted by Crippen LogP contribution is 2.44. The van der Waals surface area contributed by atoms with E-state index in [2.05, 4.69) is 5.32 Å². The van der Waals surface area contributed by atoms with Crippen LogP contribution >= 0.6 is 34.8 Å². The Morgan fingerprint density at radius 3 is 2.27 bits per heavy atom. The second kappa shape index (κ2) is 16.1. The molecule has 16 heteroatoms. The van der Waals surface area contributed by atoms with Crippen LogP contribution in [-0.4, -0.2) is 69.0 Å². The number of nitrogens with one attached hydrogen (secondary N) is 1. The zero-order valence-corrected chi connectivity index (χ0v) is 32.1. The third-order valence-electron chi connectivity index (χ3n) is 10.0. The van der Waals surface area contributed by atoms with E-state index >= 15 is 0 Å². The number of alkyl halides is 6. The average molecular weight is 833 g/mol. The lowest BCUT2D eigenvalue weighted by molar-refractivity contribution is -0.137. The molecule has 0 spiro atoms. The molecular formula is C39H38Cl3F6N3O4. The van der Waals surface area contributed by atoms with Crippen LogP contribution in [0.5, 0.6) is 5.75 Å². The highest BCUT2D eigenvalue weighted by Gasteiger charge is 2.50. The Balaban J connectivity index is 1.31. The Morgan fingerprint density at radius 1 is 0.927 bits per heavy atom. The van der Waals surface area contributed by atoms with E-state index in [9.17, 15) is 35.9 Å². The summed E-state index contributed by atoms with van der Waals surface area (Å²) in [4.78, 5) is 31.9. The number of amides is 2. The van der Waals surface area contributed by atoms with E-state index in [1.54, 1.807) is 11.0 Å². The number of benzene rings is 3. The normalized spacial score (nSPS) is 19.0. The van der Waals surface area contributed by atoms with Crippen molar-refractivity contribution in [3.8, 4) is 5.75 Å². The van der Waals surface area contributed by atoms with Gasteiger partial charge in [0, 0.05) is 31.2 Å². The number of carbonyl (C=O) groups excluding carboxylic acids is 2. The molecule has 3 aromatic carbocycles. The number of hydrogen-bond donors (Lipinski definition) is 1. The summed E-state index contributed by atoms with van der Waals surface area (Å²) in [6.07, 6.45) is -2.99. The number of carbonyl (C=O) groups is 2. The predicted octanol–water partition coefficient (Wildman–Crippen LogP) is 9.41. The van der Waals surface area contributed by atoms with Crippen LogP contribution in [0, 0.1) is 17.5 Å². The summed E-state index contributed by atoms with van der Waals surface area (Å²) in [6.45, 7) is 3.30. The van der Waals surface area contributed by atoms with Gasteiger partial charge in [-0.05, 0) is 92.5 Å². The van der Waals surface area contributed by atoms with Crippen LogP contribution in [-0.2, 0) is 28.7 Å². The van der Waals surface area contributed by atoms with Crippen LogP contribution in [0.25, 0.3) is 5.57 Å². The highest BCUT2D eigenvalue weighted by molar-refractivity contribution is 6.68. The second-order valence-corrected chi connectivity index (χ2v) is 16.7. The van der Waals surface area contributed by atoms with E-state index in [0.29, 0.717) is 60.6 Å². The predicted molar refractivity (Wildman–Crippen MR) is 196 cm³/mol. The van der Waals surface area contributed by atoms with E-state index in [1.165, 1.54) is 24.8 Å². The van der Waals surface area contributed by atoms with Gasteiger partial charge in [-0.15, -0.1) is 0 Å². The Hall–Kier alpha value is -3.65. The fourth-order valence-corrected chi connectivity index (χ4v) is 6.98. The Morgan fingerprint density at radius 2 is 1.62 bits per heavy atom. The number of nitrogens with zero attached hydrogens (tertiary/aromatic N) is 2. The quantitative estimate of drug-likeness (QED) is 0.0903. The van der Waals surface area contributed by atoms with Crippen molar-refractivity contribution in [3.63, 3.8) is 0 Å². The SMILES string of the molecule is CC(C)(OC(=O)N1C2CNC[C@@H]1C(C(=O)N(Cc1cccc(C(F)(F)F)c1)C1CC1)=C(c1ccc(CCCOc3c(F)ccc(F)c3F)cc1)C2)C(Cl)(Cl)Cl. The minimum absolute atomic E-state index is 0.0803. The van der Waals surface area contributed by atoms with Gasteiger partial charge >= 0.3 is 12.3 Å². The van der Waals surface area contributed by atoms with Gasteiger partial charge in [0.05, 0.1) is 24.3 Å². The molecular weight excluding hydrogens is 795 g/mol.